The fraction of sp³-hybridized carbons (Fsp3) is 0.385. The molecule has 2 rings (SSSR count). The summed E-state index contributed by atoms with van der Waals surface area (Å²) in [6.07, 6.45) is -2.85. The van der Waals surface area contributed by atoms with E-state index >= 15 is 0 Å². The summed E-state index contributed by atoms with van der Waals surface area (Å²) in [4.78, 5) is 4.06. The number of nitrogens with zero attached hydrogens (tertiary/aromatic N) is 2. The largest absolute Gasteiger partial charge is 0.416 e. The van der Waals surface area contributed by atoms with E-state index in [0.717, 1.165) is 10.4 Å². The number of rotatable bonds is 6. The molecule has 21 heavy (non-hydrogen) atoms. The molecule has 0 spiro atoms. The summed E-state index contributed by atoms with van der Waals surface area (Å²) in [5.41, 5.74) is 0.00695. The van der Waals surface area contributed by atoms with Crippen LogP contribution in [-0.4, -0.2) is 21.7 Å². The van der Waals surface area contributed by atoms with E-state index in [9.17, 15) is 13.2 Å². The van der Waals surface area contributed by atoms with E-state index in [1.54, 1.807) is 6.07 Å². The van der Waals surface area contributed by atoms with E-state index < -0.39 is 11.7 Å². The maximum atomic E-state index is 12.8. The molecule has 0 amide bonds. The van der Waals surface area contributed by atoms with E-state index in [-0.39, 0.29) is 6.04 Å². The molecule has 0 fully saturated rings. The zero-order valence-electron chi connectivity index (χ0n) is 11.2. The van der Waals surface area contributed by atoms with Crippen LogP contribution in [0.5, 0.6) is 0 Å². The Kier molecular flexibility index (Phi) is 5.60. The van der Waals surface area contributed by atoms with Crippen molar-refractivity contribution in [1.82, 2.24) is 14.7 Å². The molecule has 0 aliphatic carbocycles. The maximum absolute atomic E-state index is 12.8. The first-order valence-electron chi connectivity index (χ1n) is 6.30. The SMILES string of the molecule is CCNC(CSc1ncns1)c1cccc(C(F)(F)F)c1. The number of alkyl halides is 3. The van der Waals surface area contributed by atoms with Gasteiger partial charge in [-0.15, -0.1) is 0 Å². The van der Waals surface area contributed by atoms with Crippen LogP contribution < -0.4 is 5.32 Å². The lowest BCUT2D eigenvalue weighted by Crippen LogP contribution is -2.23. The molecule has 0 saturated carbocycles. The van der Waals surface area contributed by atoms with Gasteiger partial charge in [-0.25, -0.2) is 4.98 Å². The van der Waals surface area contributed by atoms with E-state index in [1.807, 2.05) is 6.92 Å². The number of benzene rings is 1. The molecule has 0 aliphatic heterocycles. The van der Waals surface area contributed by atoms with Gasteiger partial charge < -0.3 is 5.32 Å². The van der Waals surface area contributed by atoms with Crippen molar-refractivity contribution in [3.05, 3.63) is 41.7 Å². The molecule has 3 nitrogen and oxygen atoms in total. The molecule has 1 N–H and O–H groups in total. The Hall–Kier alpha value is -1.12. The summed E-state index contributed by atoms with van der Waals surface area (Å²) in [5.74, 6) is 0.602. The number of thioether (sulfide) groups is 1. The predicted molar refractivity (Wildman–Crippen MR) is 78.5 cm³/mol. The minimum Gasteiger partial charge on any atom is -0.309 e. The second kappa shape index (κ2) is 7.24. The summed E-state index contributed by atoms with van der Waals surface area (Å²) in [6.45, 7) is 2.60. The van der Waals surface area contributed by atoms with Crippen molar-refractivity contribution in [3.8, 4) is 0 Å². The molecule has 1 aromatic carbocycles. The van der Waals surface area contributed by atoms with E-state index in [4.69, 9.17) is 0 Å². The summed E-state index contributed by atoms with van der Waals surface area (Å²) < 4.78 is 43.1. The molecule has 0 saturated heterocycles. The Bertz CT molecular complexity index is 558. The Morgan fingerprint density at radius 2 is 2.19 bits per heavy atom. The number of hydrogen-bond donors (Lipinski definition) is 1. The quantitative estimate of drug-likeness (QED) is 0.811. The van der Waals surface area contributed by atoms with Gasteiger partial charge in [-0.2, -0.15) is 17.5 Å². The van der Waals surface area contributed by atoms with Crippen LogP contribution >= 0.6 is 23.3 Å². The smallest absolute Gasteiger partial charge is 0.309 e. The number of hydrogen-bond acceptors (Lipinski definition) is 5. The van der Waals surface area contributed by atoms with Crippen molar-refractivity contribution in [2.45, 2.75) is 23.5 Å². The fourth-order valence-corrected chi connectivity index (χ4v) is 3.40. The summed E-state index contributed by atoms with van der Waals surface area (Å²) in [5, 5.41) is 3.21. The molecule has 8 heteroatoms. The lowest BCUT2D eigenvalue weighted by molar-refractivity contribution is -0.137. The normalized spacial score (nSPS) is 13.3. The van der Waals surface area contributed by atoms with Gasteiger partial charge in [-0.05, 0) is 35.8 Å². The van der Waals surface area contributed by atoms with Gasteiger partial charge >= 0.3 is 6.18 Å². The molecule has 1 aromatic heterocycles. The molecule has 0 radical (unpaired) electrons. The average molecular weight is 333 g/mol. The van der Waals surface area contributed by atoms with Crippen LogP contribution in [0, 0.1) is 0 Å². The monoisotopic (exact) mass is 333 g/mol. The van der Waals surface area contributed by atoms with Crippen LogP contribution in [0.1, 0.15) is 24.1 Å². The summed E-state index contributed by atoms with van der Waals surface area (Å²) in [6, 6.07) is 5.28. The first-order valence-corrected chi connectivity index (χ1v) is 8.06. The number of nitrogens with one attached hydrogen (secondary N) is 1. The highest BCUT2D eigenvalue weighted by atomic mass is 32.2. The van der Waals surface area contributed by atoms with Gasteiger partial charge in [0.2, 0.25) is 0 Å². The second-order valence-electron chi connectivity index (χ2n) is 4.25. The third kappa shape index (κ3) is 4.69. The molecule has 0 aliphatic rings. The van der Waals surface area contributed by atoms with Gasteiger partial charge in [-0.3, -0.25) is 0 Å². The van der Waals surface area contributed by atoms with Crippen LogP contribution in [0.25, 0.3) is 0 Å². The average Bonchev–Trinajstić information content (AvgIpc) is 2.96. The van der Waals surface area contributed by atoms with Crippen LogP contribution in [0.2, 0.25) is 0 Å². The molecule has 0 bridgehead atoms. The molecular weight excluding hydrogens is 319 g/mol. The predicted octanol–water partition coefficient (Wildman–Crippen LogP) is 4.00. The Labute approximate surface area is 129 Å². The van der Waals surface area contributed by atoms with Gasteiger partial charge in [0.25, 0.3) is 0 Å². The van der Waals surface area contributed by atoms with E-state index in [0.29, 0.717) is 17.9 Å². The van der Waals surface area contributed by atoms with E-state index in [2.05, 4.69) is 14.7 Å². The molecule has 114 valence electrons. The molecule has 1 unspecified atom stereocenters. The van der Waals surface area contributed by atoms with Gasteiger partial charge in [0.1, 0.15) is 6.33 Å². The highest BCUT2D eigenvalue weighted by Crippen LogP contribution is 2.32. The fourth-order valence-electron chi connectivity index (χ4n) is 1.83. The zero-order valence-corrected chi connectivity index (χ0v) is 12.9. The van der Waals surface area contributed by atoms with Gasteiger partial charge in [0.15, 0.2) is 4.34 Å². The highest BCUT2D eigenvalue weighted by Gasteiger charge is 2.30. The minimum atomic E-state index is -4.32. The summed E-state index contributed by atoms with van der Waals surface area (Å²) in [7, 11) is 0. The molecular formula is C13H14F3N3S2. The van der Waals surface area contributed by atoms with Crippen molar-refractivity contribution in [2.75, 3.05) is 12.3 Å². The molecule has 2 aromatic rings. The Morgan fingerprint density at radius 3 is 2.81 bits per heavy atom. The van der Waals surface area contributed by atoms with Crippen LogP contribution in [-0.2, 0) is 6.18 Å². The standard InChI is InChI=1S/C13H14F3N3S2/c1-2-17-11(7-20-12-18-8-19-21-12)9-4-3-5-10(6-9)13(14,15)16/h3-6,8,11,17H,2,7H2,1H3. The highest BCUT2D eigenvalue weighted by molar-refractivity contribution is 8.00. The van der Waals surface area contributed by atoms with Crippen LogP contribution in [0.4, 0.5) is 13.2 Å². The molecule has 1 atom stereocenters. The lowest BCUT2D eigenvalue weighted by Gasteiger charge is -2.18. The number of aromatic nitrogens is 2. The first-order chi connectivity index (χ1) is 10.0. The summed E-state index contributed by atoms with van der Waals surface area (Å²) >= 11 is 2.76. The van der Waals surface area contributed by atoms with Crippen molar-refractivity contribution >= 4 is 23.3 Å². The number of halogens is 3. The first kappa shape index (κ1) is 16.3. The lowest BCUT2D eigenvalue weighted by atomic mass is 10.0. The van der Waals surface area contributed by atoms with Crippen molar-refractivity contribution in [1.29, 1.82) is 0 Å². The third-order valence-corrected chi connectivity index (χ3v) is 4.67. The van der Waals surface area contributed by atoms with Crippen LogP contribution in [0.15, 0.2) is 34.9 Å². The van der Waals surface area contributed by atoms with Gasteiger partial charge in [-0.1, -0.05) is 30.8 Å². The van der Waals surface area contributed by atoms with Gasteiger partial charge in [0.05, 0.1) is 5.56 Å². The third-order valence-electron chi connectivity index (χ3n) is 2.78. The Balaban J connectivity index is 2.13. The maximum Gasteiger partial charge on any atom is 0.416 e. The van der Waals surface area contributed by atoms with Crippen LogP contribution in [0.3, 0.4) is 0 Å². The van der Waals surface area contributed by atoms with E-state index in [1.165, 1.54) is 41.8 Å². The van der Waals surface area contributed by atoms with Crippen molar-refractivity contribution in [3.63, 3.8) is 0 Å². The topological polar surface area (TPSA) is 37.8 Å². The zero-order chi connectivity index (χ0) is 15.3. The second-order valence-corrected chi connectivity index (χ2v) is 6.30. The minimum absolute atomic E-state index is 0.161. The van der Waals surface area contributed by atoms with Gasteiger partial charge in [0, 0.05) is 11.8 Å². The van der Waals surface area contributed by atoms with Crippen molar-refractivity contribution in [2.24, 2.45) is 0 Å². The molecule has 1 heterocycles. The van der Waals surface area contributed by atoms with Crippen molar-refractivity contribution < 1.29 is 13.2 Å². The Morgan fingerprint density at radius 1 is 1.38 bits per heavy atom.